The van der Waals surface area contributed by atoms with Gasteiger partial charge in [-0.15, -0.1) is 0 Å². The van der Waals surface area contributed by atoms with Crippen LogP contribution in [0, 0.1) is 12.7 Å². The predicted molar refractivity (Wildman–Crippen MR) is 82.1 cm³/mol. The lowest BCUT2D eigenvalue weighted by Crippen LogP contribution is -2.42. The highest BCUT2D eigenvalue weighted by molar-refractivity contribution is 5.69. The maximum atomic E-state index is 13.7. The van der Waals surface area contributed by atoms with Gasteiger partial charge in [0, 0.05) is 6.54 Å². The molecule has 4 nitrogen and oxygen atoms in total. The first-order valence-corrected chi connectivity index (χ1v) is 7.63. The van der Waals surface area contributed by atoms with Crippen molar-refractivity contribution in [3.05, 3.63) is 35.1 Å². The van der Waals surface area contributed by atoms with Gasteiger partial charge in [0.2, 0.25) is 0 Å². The molecule has 0 aliphatic carbocycles. The van der Waals surface area contributed by atoms with Crippen molar-refractivity contribution < 1.29 is 19.0 Å². The predicted octanol–water partition coefficient (Wildman–Crippen LogP) is 3.57. The highest BCUT2D eigenvalue weighted by Crippen LogP contribution is 2.31. The maximum Gasteiger partial charge on any atom is 0.410 e. The van der Waals surface area contributed by atoms with Crippen LogP contribution < -0.4 is 0 Å². The van der Waals surface area contributed by atoms with Gasteiger partial charge < -0.3 is 14.7 Å². The van der Waals surface area contributed by atoms with Crippen LogP contribution in [0.25, 0.3) is 0 Å². The number of hydrogen-bond donors (Lipinski definition) is 1. The van der Waals surface area contributed by atoms with Crippen LogP contribution in [-0.4, -0.2) is 34.3 Å². The van der Waals surface area contributed by atoms with E-state index in [9.17, 15) is 14.3 Å². The largest absolute Gasteiger partial charge is 0.444 e. The molecule has 5 heteroatoms. The molecule has 1 fully saturated rings. The standard InChI is InChI=1S/C17H24FNO3/c1-11-7-8-12(10-13(11)18)15(20)14-6-5-9-19(14)16(21)22-17(2,3)4/h7-8,10,14-15,20H,5-6,9H2,1-4H3/t14-,15+/m0/s1. The molecule has 0 aromatic heterocycles. The third-order valence-corrected chi connectivity index (χ3v) is 3.83. The number of ether oxygens (including phenoxy) is 1. The van der Waals surface area contributed by atoms with Gasteiger partial charge in [-0.3, -0.25) is 0 Å². The van der Waals surface area contributed by atoms with E-state index in [1.165, 1.54) is 6.07 Å². The summed E-state index contributed by atoms with van der Waals surface area (Å²) in [6.07, 6.45) is 0.136. The van der Waals surface area contributed by atoms with Crippen LogP contribution in [0.4, 0.5) is 9.18 Å². The molecule has 0 saturated carbocycles. The van der Waals surface area contributed by atoms with E-state index in [4.69, 9.17) is 4.74 Å². The molecule has 122 valence electrons. The number of rotatable bonds is 2. The lowest BCUT2D eigenvalue weighted by molar-refractivity contribution is 0.00487. The summed E-state index contributed by atoms with van der Waals surface area (Å²) in [5, 5.41) is 10.5. The summed E-state index contributed by atoms with van der Waals surface area (Å²) >= 11 is 0. The zero-order valence-corrected chi connectivity index (χ0v) is 13.6. The molecule has 0 bridgehead atoms. The van der Waals surface area contributed by atoms with Crippen LogP contribution in [0.5, 0.6) is 0 Å². The van der Waals surface area contributed by atoms with Crippen molar-refractivity contribution in [1.29, 1.82) is 0 Å². The molecule has 1 amide bonds. The van der Waals surface area contributed by atoms with E-state index in [0.29, 0.717) is 24.1 Å². The third-order valence-electron chi connectivity index (χ3n) is 3.83. The molecule has 1 aliphatic rings. The summed E-state index contributed by atoms with van der Waals surface area (Å²) in [5.74, 6) is -0.349. The highest BCUT2D eigenvalue weighted by Gasteiger charge is 2.37. The van der Waals surface area contributed by atoms with Gasteiger partial charge in [-0.25, -0.2) is 9.18 Å². The van der Waals surface area contributed by atoms with Gasteiger partial charge in [0.15, 0.2) is 0 Å². The summed E-state index contributed by atoms with van der Waals surface area (Å²) in [6, 6.07) is 4.30. The van der Waals surface area contributed by atoms with E-state index < -0.39 is 17.8 Å². The van der Waals surface area contributed by atoms with E-state index >= 15 is 0 Å². The van der Waals surface area contributed by atoms with Gasteiger partial charge in [-0.1, -0.05) is 12.1 Å². The van der Waals surface area contributed by atoms with E-state index in [-0.39, 0.29) is 11.9 Å². The monoisotopic (exact) mass is 309 g/mol. The number of amides is 1. The first-order chi connectivity index (χ1) is 10.2. The van der Waals surface area contributed by atoms with Gasteiger partial charge in [0.25, 0.3) is 0 Å². The molecule has 1 N–H and O–H groups in total. The number of carbonyl (C=O) groups excluding carboxylic acids is 1. The Morgan fingerprint density at radius 2 is 2.14 bits per heavy atom. The fourth-order valence-corrected chi connectivity index (χ4v) is 2.68. The molecular formula is C17H24FNO3. The van der Waals surface area contributed by atoms with Crippen molar-refractivity contribution in [2.75, 3.05) is 6.54 Å². The molecule has 1 aliphatic heterocycles. The van der Waals surface area contributed by atoms with Gasteiger partial charge in [0.1, 0.15) is 11.4 Å². The Balaban J connectivity index is 2.15. The number of nitrogens with zero attached hydrogens (tertiary/aromatic N) is 1. The lowest BCUT2D eigenvalue weighted by Gasteiger charge is -2.31. The second-order valence-electron chi connectivity index (χ2n) is 6.84. The number of halogens is 1. The van der Waals surface area contributed by atoms with Crippen molar-refractivity contribution in [2.45, 2.75) is 58.3 Å². The van der Waals surface area contributed by atoms with Crippen molar-refractivity contribution in [3.63, 3.8) is 0 Å². The topological polar surface area (TPSA) is 49.8 Å². The Hall–Kier alpha value is -1.62. The summed E-state index contributed by atoms with van der Waals surface area (Å²) < 4.78 is 19.1. The van der Waals surface area contributed by atoms with Gasteiger partial charge in [0.05, 0.1) is 12.1 Å². The summed E-state index contributed by atoms with van der Waals surface area (Å²) in [5.41, 5.74) is 0.445. The van der Waals surface area contributed by atoms with Crippen molar-refractivity contribution >= 4 is 6.09 Å². The minimum absolute atomic E-state index is 0.349. The third kappa shape index (κ3) is 3.77. The lowest BCUT2D eigenvalue weighted by atomic mass is 9.99. The van der Waals surface area contributed by atoms with E-state index in [1.54, 1.807) is 24.0 Å². The van der Waals surface area contributed by atoms with Crippen LogP contribution in [0.3, 0.4) is 0 Å². The first kappa shape index (κ1) is 16.7. The molecular weight excluding hydrogens is 285 g/mol. The Morgan fingerprint density at radius 3 is 2.73 bits per heavy atom. The van der Waals surface area contributed by atoms with Gasteiger partial charge in [-0.2, -0.15) is 0 Å². The zero-order valence-electron chi connectivity index (χ0n) is 13.6. The van der Waals surface area contributed by atoms with Crippen LogP contribution in [0.15, 0.2) is 18.2 Å². The van der Waals surface area contributed by atoms with E-state index in [0.717, 1.165) is 6.42 Å². The van der Waals surface area contributed by atoms with Crippen LogP contribution in [0.1, 0.15) is 50.8 Å². The first-order valence-electron chi connectivity index (χ1n) is 7.63. The molecule has 22 heavy (non-hydrogen) atoms. The average molecular weight is 309 g/mol. The molecule has 2 rings (SSSR count). The fraction of sp³-hybridized carbons (Fsp3) is 0.588. The Bertz CT molecular complexity index is 553. The molecule has 0 radical (unpaired) electrons. The number of aliphatic hydroxyl groups excluding tert-OH is 1. The second-order valence-corrected chi connectivity index (χ2v) is 6.84. The number of hydrogen-bond acceptors (Lipinski definition) is 3. The number of carbonyl (C=O) groups is 1. The number of benzene rings is 1. The number of likely N-dealkylation sites (tertiary alicyclic amines) is 1. The Labute approximate surface area is 130 Å². The van der Waals surface area contributed by atoms with Crippen LogP contribution in [-0.2, 0) is 4.74 Å². The number of aliphatic hydroxyl groups is 1. The molecule has 2 atom stereocenters. The van der Waals surface area contributed by atoms with Gasteiger partial charge >= 0.3 is 6.09 Å². The Kier molecular flexibility index (Phi) is 4.75. The molecule has 0 spiro atoms. The summed E-state index contributed by atoms with van der Waals surface area (Å²) in [6.45, 7) is 7.64. The highest BCUT2D eigenvalue weighted by atomic mass is 19.1. The molecule has 0 unspecified atom stereocenters. The van der Waals surface area contributed by atoms with Crippen LogP contribution >= 0.6 is 0 Å². The van der Waals surface area contributed by atoms with E-state index in [2.05, 4.69) is 0 Å². The molecule has 1 aromatic rings. The zero-order chi connectivity index (χ0) is 16.5. The average Bonchev–Trinajstić information content (AvgIpc) is 2.88. The quantitative estimate of drug-likeness (QED) is 0.908. The van der Waals surface area contributed by atoms with Gasteiger partial charge in [-0.05, 0) is 57.7 Å². The smallest absolute Gasteiger partial charge is 0.410 e. The molecule has 1 saturated heterocycles. The normalized spacial score (nSPS) is 20.1. The number of aryl methyl sites for hydroxylation is 1. The molecule has 1 heterocycles. The van der Waals surface area contributed by atoms with Crippen molar-refractivity contribution in [3.8, 4) is 0 Å². The van der Waals surface area contributed by atoms with Crippen molar-refractivity contribution in [1.82, 2.24) is 4.90 Å². The summed E-state index contributed by atoms with van der Waals surface area (Å²) in [7, 11) is 0. The maximum absolute atomic E-state index is 13.7. The second kappa shape index (κ2) is 6.24. The van der Waals surface area contributed by atoms with E-state index in [1.807, 2.05) is 20.8 Å². The molecule has 1 aromatic carbocycles. The fourth-order valence-electron chi connectivity index (χ4n) is 2.68. The SMILES string of the molecule is Cc1ccc([C@@H](O)[C@@H]2CCCN2C(=O)OC(C)(C)C)cc1F. The minimum Gasteiger partial charge on any atom is -0.444 e. The summed E-state index contributed by atoms with van der Waals surface area (Å²) in [4.78, 5) is 13.8. The minimum atomic E-state index is -0.912. The van der Waals surface area contributed by atoms with Crippen molar-refractivity contribution in [2.24, 2.45) is 0 Å². The van der Waals surface area contributed by atoms with Crippen LogP contribution in [0.2, 0.25) is 0 Å². The Morgan fingerprint density at radius 1 is 1.45 bits per heavy atom.